The van der Waals surface area contributed by atoms with Gasteiger partial charge in [0.2, 0.25) is 5.91 Å². The quantitative estimate of drug-likeness (QED) is 0.903. The minimum atomic E-state index is 0.232. The van der Waals surface area contributed by atoms with E-state index in [0.29, 0.717) is 17.7 Å². The minimum absolute atomic E-state index is 0.232. The van der Waals surface area contributed by atoms with Crippen molar-refractivity contribution >= 4 is 22.9 Å². The summed E-state index contributed by atoms with van der Waals surface area (Å²) in [5.41, 5.74) is 1.72. The van der Waals surface area contributed by atoms with Gasteiger partial charge in [0.15, 0.2) is 17.0 Å². The predicted octanol–water partition coefficient (Wildman–Crippen LogP) is 2.39. The van der Waals surface area contributed by atoms with Gasteiger partial charge in [0.1, 0.15) is 12.2 Å². The molecule has 1 amide bonds. The molecule has 7 heteroatoms. The van der Waals surface area contributed by atoms with Gasteiger partial charge in [-0.05, 0) is 26.2 Å². The summed E-state index contributed by atoms with van der Waals surface area (Å²) in [5, 5.41) is 3.51. The van der Waals surface area contributed by atoms with Crippen molar-refractivity contribution < 1.29 is 4.79 Å². The fraction of sp³-hybridized carbons (Fsp3) is 0.667. The number of imidazole rings is 1. The van der Waals surface area contributed by atoms with Crippen molar-refractivity contribution in [1.29, 1.82) is 0 Å². The van der Waals surface area contributed by atoms with Crippen LogP contribution in [-0.2, 0) is 11.3 Å². The third-order valence-corrected chi connectivity index (χ3v) is 5.16. The number of aryl methyl sites for hydroxylation is 1. The lowest BCUT2D eigenvalue weighted by Crippen LogP contribution is -2.32. The summed E-state index contributed by atoms with van der Waals surface area (Å²) < 4.78 is 2.16. The second-order valence-electron chi connectivity index (χ2n) is 7.45. The van der Waals surface area contributed by atoms with Gasteiger partial charge in [-0.2, -0.15) is 0 Å². The van der Waals surface area contributed by atoms with Crippen LogP contribution in [0.2, 0.25) is 0 Å². The molecule has 1 aliphatic heterocycles. The molecule has 0 unspecified atom stereocenters. The molecule has 0 bridgehead atoms. The van der Waals surface area contributed by atoms with Crippen LogP contribution in [0.4, 0.5) is 5.82 Å². The van der Waals surface area contributed by atoms with Crippen LogP contribution >= 0.6 is 0 Å². The number of carbonyl (C=O) groups is 1. The molecule has 1 saturated heterocycles. The van der Waals surface area contributed by atoms with Crippen LogP contribution in [0.25, 0.3) is 11.2 Å². The van der Waals surface area contributed by atoms with E-state index in [1.54, 1.807) is 6.33 Å². The molecule has 4 rings (SSSR count). The Labute approximate surface area is 147 Å². The number of hydrogen-bond donors (Lipinski definition) is 1. The Morgan fingerprint density at radius 1 is 1.32 bits per heavy atom. The van der Waals surface area contributed by atoms with E-state index in [0.717, 1.165) is 61.7 Å². The SMILES string of the molecule is CCn1c(C(C)C)nc2c(N[C@H]3CCN(C(=O)C4CC4)C3)ncnc21. The van der Waals surface area contributed by atoms with Gasteiger partial charge in [0, 0.05) is 37.5 Å². The molecule has 2 aromatic heterocycles. The van der Waals surface area contributed by atoms with E-state index < -0.39 is 0 Å². The highest BCUT2D eigenvalue weighted by Gasteiger charge is 2.36. The summed E-state index contributed by atoms with van der Waals surface area (Å²) in [6, 6.07) is 0.232. The molecular formula is C18H26N6O. The highest BCUT2D eigenvalue weighted by Crippen LogP contribution is 2.32. The maximum absolute atomic E-state index is 12.2. The number of fused-ring (bicyclic) bond motifs is 1. The van der Waals surface area contributed by atoms with Crippen molar-refractivity contribution in [3.05, 3.63) is 12.2 Å². The van der Waals surface area contributed by atoms with Crippen molar-refractivity contribution in [2.45, 2.75) is 58.5 Å². The normalized spacial score (nSPS) is 20.6. The van der Waals surface area contributed by atoms with Gasteiger partial charge in [0.25, 0.3) is 0 Å². The van der Waals surface area contributed by atoms with E-state index in [1.165, 1.54) is 0 Å². The molecular weight excluding hydrogens is 316 g/mol. The first-order valence-corrected chi connectivity index (χ1v) is 9.35. The van der Waals surface area contributed by atoms with Crippen LogP contribution in [0.3, 0.4) is 0 Å². The largest absolute Gasteiger partial charge is 0.364 e. The van der Waals surface area contributed by atoms with Crippen molar-refractivity contribution in [2.24, 2.45) is 5.92 Å². The number of carbonyl (C=O) groups excluding carboxylic acids is 1. The lowest BCUT2D eigenvalue weighted by molar-refractivity contribution is -0.131. The Morgan fingerprint density at radius 3 is 2.80 bits per heavy atom. The van der Waals surface area contributed by atoms with E-state index in [9.17, 15) is 4.79 Å². The van der Waals surface area contributed by atoms with Crippen molar-refractivity contribution in [2.75, 3.05) is 18.4 Å². The van der Waals surface area contributed by atoms with E-state index >= 15 is 0 Å². The maximum Gasteiger partial charge on any atom is 0.225 e. The van der Waals surface area contributed by atoms with Crippen molar-refractivity contribution in [1.82, 2.24) is 24.4 Å². The van der Waals surface area contributed by atoms with Gasteiger partial charge in [-0.1, -0.05) is 13.8 Å². The summed E-state index contributed by atoms with van der Waals surface area (Å²) in [5.74, 6) is 2.77. The molecule has 0 spiro atoms. The summed E-state index contributed by atoms with van der Waals surface area (Å²) >= 11 is 0. The Hall–Kier alpha value is -2.18. The lowest BCUT2D eigenvalue weighted by Gasteiger charge is -2.17. The maximum atomic E-state index is 12.2. The van der Waals surface area contributed by atoms with Crippen molar-refractivity contribution in [3.63, 3.8) is 0 Å². The molecule has 1 saturated carbocycles. The van der Waals surface area contributed by atoms with Crippen LogP contribution < -0.4 is 5.32 Å². The summed E-state index contributed by atoms with van der Waals surface area (Å²) in [7, 11) is 0. The minimum Gasteiger partial charge on any atom is -0.364 e. The number of rotatable bonds is 5. The van der Waals surface area contributed by atoms with E-state index in [1.807, 2.05) is 4.90 Å². The molecule has 2 aromatic rings. The molecule has 3 heterocycles. The molecule has 0 aromatic carbocycles. The Balaban J connectivity index is 1.56. The zero-order chi connectivity index (χ0) is 17.6. The summed E-state index contributed by atoms with van der Waals surface area (Å²) in [6.45, 7) is 8.83. The standard InChI is InChI=1S/C18H26N6O/c1-4-24-16(11(2)3)22-14-15(19-10-20-17(14)24)21-13-7-8-23(9-13)18(25)12-5-6-12/h10-13H,4-9H2,1-3H3,(H,19,20,21)/t13-/m0/s1. The smallest absolute Gasteiger partial charge is 0.225 e. The zero-order valence-electron chi connectivity index (χ0n) is 15.2. The molecule has 1 N–H and O–H groups in total. The molecule has 1 atom stereocenters. The summed E-state index contributed by atoms with van der Waals surface area (Å²) in [4.78, 5) is 27.9. The fourth-order valence-electron chi connectivity index (χ4n) is 3.67. The second kappa shape index (κ2) is 6.28. The number of nitrogens with one attached hydrogen (secondary N) is 1. The monoisotopic (exact) mass is 342 g/mol. The van der Waals surface area contributed by atoms with Crippen LogP contribution in [0.5, 0.6) is 0 Å². The number of nitrogens with zero attached hydrogens (tertiary/aromatic N) is 5. The van der Waals surface area contributed by atoms with Crippen LogP contribution in [-0.4, -0.2) is 49.5 Å². The lowest BCUT2D eigenvalue weighted by atomic mass is 10.2. The van der Waals surface area contributed by atoms with Crippen LogP contribution in [0.1, 0.15) is 51.8 Å². The van der Waals surface area contributed by atoms with Gasteiger partial charge in [0.05, 0.1) is 0 Å². The number of aromatic nitrogens is 4. The predicted molar refractivity (Wildman–Crippen MR) is 96.4 cm³/mol. The number of hydrogen-bond acceptors (Lipinski definition) is 5. The highest BCUT2D eigenvalue weighted by molar-refractivity contribution is 5.84. The first-order chi connectivity index (χ1) is 12.1. The summed E-state index contributed by atoms with van der Waals surface area (Å²) in [6.07, 6.45) is 4.68. The Kier molecular flexibility index (Phi) is 4.09. The zero-order valence-corrected chi connectivity index (χ0v) is 15.2. The molecule has 1 aliphatic carbocycles. The third kappa shape index (κ3) is 2.96. The third-order valence-electron chi connectivity index (χ3n) is 5.16. The Bertz CT molecular complexity index is 794. The fourth-order valence-corrected chi connectivity index (χ4v) is 3.67. The Morgan fingerprint density at radius 2 is 2.12 bits per heavy atom. The molecule has 2 fully saturated rings. The highest BCUT2D eigenvalue weighted by atomic mass is 16.2. The average Bonchev–Trinajstić information content (AvgIpc) is 3.22. The van der Waals surface area contributed by atoms with Gasteiger partial charge >= 0.3 is 0 Å². The van der Waals surface area contributed by atoms with Gasteiger partial charge < -0.3 is 14.8 Å². The van der Waals surface area contributed by atoms with Gasteiger partial charge in [-0.15, -0.1) is 0 Å². The van der Waals surface area contributed by atoms with Crippen LogP contribution in [0.15, 0.2) is 6.33 Å². The number of amides is 1. The van der Waals surface area contributed by atoms with Gasteiger partial charge in [-0.3, -0.25) is 4.79 Å². The first kappa shape index (κ1) is 16.3. The average molecular weight is 342 g/mol. The molecule has 134 valence electrons. The van der Waals surface area contributed by atoms with E-state index in [2.05, 4.69) is 40.6 Å². The topological polar surface area (TPSA) is 75.9 Å². The first-order valence-electron chi connectivity index (χ1n) is 9.35. The van der Waals surface area contributed by atoms with Gasteiger partial charge in [-0.25, -0.2) is 15.0 Å². The van der Waals surface area contributed by atoms with E-state index in [4.69, 9.17) is 4.98 Å². The number of likely N-dealkylation sites (tertiary alicyclic amines) is 1. The number of anilines is 1. The van der Waals surface area contributed by atoms with E-state index in [-0.39, 0.29) is 6.04 Å². The molecule has 2 aliphatic rings. The second-order valence-corrected chi connectivity index (χ2v) is 7.45. The molecule has 0 radical (unpaired) electrons. The molecule has 25 heavy (non-hydrogen) atoms. The van der Waals surface area contributed by atoms with Crippen molar-refractivity contribution in [3.8, 4) is 0 Å². The molecule has 7 nitrogen and oxygen atoms in total. The van der Waals surface area contributed by atoms with Crippen LogP contribution in [0, 0.1) is 5.92 Å².